The van der Waals surface area contributed by atoms with Crippen molar-refractivity contribution < 1.29 is 27.8 Å². The van der Waals surface area contributed by atoms with Crippen molar-refractivity contribution in [3.8, 4) is 16.9 Å². The lowest BCUT2D eigenvalue weighted by atomic mass is 10.0. The van der Waals surface area contributed by atoms with Gasteiger partial charge in [0, 0.05) is 18.0 Å². The van der Waals surface area contributed by atoms with Crippen LogP contribution in [0.2, 0.25) is 0 Å². The van der Waals surface area contributed by atoms with Crippen LogP contribution in [0, 0.1) is 0 Å². The number of rotatable bonds is 3. The van der Waals surface area contributed by atoms with E-state index >= 15 is 0 Å². The number of nitrogens with zero attached hydrogens (tertiary/aromatic N) is 1. The third-order valence-electron chi connectivity index (χ3n) is 2.43. The van der Waals surface area contributed by atoms with Crippen LogP contribution >= 0.6 is 0 Å². The van der Waals surface area contributed by atoms with Gasteiger partial charge in [-0.25, -0.2) is 4.79 Å². The maximum absolute atomic E-state index is 12.3. The van der Waals surface area contributed by atoms with E-state index in [0.717, 1.165) is 12.1 Å². The highest BCUT2D eigenvalue weighted by atomic mass is 19.4. The van der Waals surface area contributed by atoms with Crippen LogP contribution in [0.25, 0.3) is 11.1 Å². The molecule has 0 aliphatic carbocycles. The van der Waals surface area contributed by atoms with E-state index in [0.29, 0.717) is 11.1 Å². The van der Waals surface area contributed by atoms with Crippen molar-refractivity contribution in [2.75, 3.05) is 0 Å². The van der Waals surface area contributed by atoms with Crippen molar-refractivity contribution in [3.63, 3.8) is 0 Å². The van der Waals surface area contributed by atoms with E-state index in [1.165, 1.54) is 18.5 Å². The van der Waals surface area contributed by atoms with Crippen molar-refractivity contribution >= 4 is 5.97 Å². The number of alkyl halides is 3. The Morgan fingerprint density at radius 2 is 1.95 bits per heavy atom. The van der Waals surface area contributed by atoms with Gasteiger partial charge in [-0.05, 0) is 23.8 Å². The van der Waals surface area contributed by atoms with E-state index in [-0.39, 0.29) is 0 Å². The van der Waals surface area contributed by atoms with Gasteiger partial charge >= 0.3 is 12.3 Å². The summed E-state index contributed by atoms with van der Waals surface area (Å²) in [4.78, 5) is 14.7. The topological polar surface area (TPSA) is 59.4 Å². The quantitative estimate of drug-likeness (QED) is 0.938. The Morgan fingerprint density at radius 3 is 2.50 bits per heavy atom. The van der Waals surface area contributed by atoms with Crippen LogP contribution < -0.4 is 4.74 Å². The fraction of sp³-hybridized carbons (Fsp3) is 0.0769. The average molecular weight is 283 g/mol. The van der Waals surface area contributed by atoms with Gasteiger partial charge in [-0.1, -0.05) is 12.1 Å². The highest BCUT2D eigenvalue weighted by molar-refractivity contribution is 5.92. The third kappa shape index (κ3) is 3.25. The average Bonchev–Trinajstić information content (AvgIpc) is 2.37. The van der Waals surface area contributed by atoms with Gasteiger partial charge < -0.3 is 9.84 Å². The zero-order valence-corrected chi connectivity index (χ0v) is 9.89. The first-order valence-electron chi connectivity index (χ1n) is 5.40. The Morgan fingerprint density at radius 1 is 1.20 bits per heavy atom. The summed E-state index contributed by atoms with van der Waals surface area (Å²) in [5.74, 6) is -2.26. The number of pyridine rings is 1. The summed E-state index contributed by atoms with van der Waals surface area (Å²) in [6.07, 6.45) is -1.99. The summed E-state index contributed by atoms with van der Waals surface area (Å²) in [6.45, 7) is 0. The van der Waals surface area contributed by atoms with Gasteiger partial charge in [0.05, 0.1) is 0 Å². The number of benzene rings is 1. The molecule has 7 heteroatoms. The Balaban J connectivity index is 2.48. The molecule has 0 radical (unpaired) electrons. The first-order valence-corrected chi connectivity index (χ1v) is 5.40. The van der Waals surface area contributed by atoms with Crippen LogP contribution in [0.15, 0.2) is 42.7 Å². The smallest absolute Gasteiger partial charge is 0.478 e. The van der Waals surface area contributed by atoms with Crippen molar-refractivity contribution in [2.24, 2.45) is 0 Å². The molecule has 0 unspecified atom stereocenters. The van der Waals surface area contributed by atoms with Gasteiger partial charge in [-0.2, -0.15) is 0 Å². The summed E-state index contributed by atoms with van der Waals surface area (Å²) in [6, 6.07) is 6.73. The second kappa shape index (κ2) is 5.20. The molecule has 2 aromatic rings. The van der Waals surface area contributed by atoms with Crippen molar-refractivity contribution in [1.29, 1.82) is 0 Å². The van der Waals surface area contributed by atoms with E-state index in [1.54, 1.807) is 12.1 Å². The molecular formula is C13H8F3NO3. The monoisotopic (exact) mass is 283 g/mol. The lowest BCUT2D eigenvalue weighted by Crippen LogP contribution is -2.19. The van der Waals surface area contributed by atoms with E-state index in [4.69, 9.17) is 5.11 Å². The minimum absolute atomic E-state index is 0.377. The zero-order chi connectivity index (χ0) is 14.8. The number of hydrogen-bond donors (Lipinski definition) is 1. The summed E-state index contributed by atoms with van der Waals surface area (Å²) in [7, 11) is 0. The SMILES string of the molecule is O=C(O)c1ccc(-c2cccnc2)cc1OC(F)(F)F. The lowest BCUT2D eigenvalue weighted by molar-refractivity contribution is -0.274. The number of aromatic carboxylic acids is 1. The number of ether oxygens (including phenoxy) is 1. The highest BCUT2D eigenvalue weighted by Gasteiger charge is 2.33. The van der Waals surface area contributed by atoms with Gasteiger partial charge in [0.15, 0.2) is 0 Å². The molecule has 0 aliphatic heterocycles. The second-order valence-corrected chi connectivity index (χ2v) is 3.81. The Bertz CT molecular complexity index is 627. The summed E-state index contributed by atoms with van der Waals surface area (Å²) >= 11 is 0. The minimum atomic E-state index is -4.96. The molecule has 0 saturated heterocycles. The van der Waals surface area contributed by atoms with Crippen molar-refractivity contribution in [1.82, 2.24) is 4.98 Å². The van der Waals surface area contributed by atoms with E-state index < -0.39 is 23.6 Å². The number of halogens is 3. The number of carboxylic acid groups (broad SMARTS) is 1. The first kappa shape index (κ1) is 13.9. The van der Waals surface area contributed by atoms with Crippen LogP contribution in [0.1, 0.15) is 10.4 Å². The molecule has 104 valence electrons. The standard InChI is InChI=1S/C13H8F3NO3/c14-13(15,16)20-11-6-8(3-4-10(11)12(18)19)9-2-1-5-17-7-9/h1-7H,(H,18,19). The maximum atomic E-state index is 12.3. The molecule has 0 spiro atoms. The molecule has 0 bridgehead atoms. The molecule has 1 N–H and O–H groups in total. The molecule has 20 heavy (non-hydrogen) atoms. The molecule has 2 rings (SSSR count). The van der Waals surface area contributed by atoms with E-state index in [2.05, 4.69) is 9.72 Å². The van der Waals surface area contributed by atoms with Gasteiger partial charge in [0.2, 0.25) is 0 Å². The van der Waals surface area contributed by atoms with E-state index in [1.807, 2.05) is 0 Å². The zero-order valence-electron chi connectivity index (χ0n) is 9.89. The van der Waals surface area contributed by atoms with Gasteiger partial charge in [0.1, 0.15) is 11.3 Å². The first-order chi connectivity index (χ1) is 9.37. The van der Waals surface area contributed by atoms with Crippen LogP contribution in [0.3, 0.4) is 0 Å². The Labute approximate surface area is 111 Å². The molecule has 1 aromatic carbocycles. The predicted octanol–water partition coefficient (Wildman–Crippen LogP) is 3.35. The van der Waals surface area contributed by atoms with Crippen molar-refractivity contribution in [2.45, 2.75) is 6.36 Å². The fourth-order valence-corrected chi connectivity index (χ4v) is 1.62. The van der Waals surface area contributed by atoms with Crippen LogP contribution in [-0.2, 0) is 0 Å². The molecule has 0 fully saturated rings. The van der Waals surface area contributed by atoms with Crippen LogP contribution in [0.5, 0.6) is 5.75 Å². The van der Waals surface area contributed by atoms with Gasteiger partial charge in [0.25, 0.3) is 0 Å². The summed E-state index contributed by atoms with van der Waals surface area (Å²) < 4.78 is 40.6. The summed E-state index contributed by atoms with van der Waals surface area (Å²) in [5.41, 5.74) is 0.369. The number of carboxylic acids is 1. The molecule has 1 aromatic heterocycles. The largest absolute Gasteiger partial charge is 0.573 e. The molecule has 0 saturated carbocycles. The molecule has 1 heterocycles. The normalized spacial score (nSPS) is 11.2. The number of hydrogen-bond acceptors (Lipinski definition) is 3. The number of aromatic nitrogens is 1. The number of carbonyl (C=O) groups is 1. The Hall–Kier alpha value is -2.57. The Kier molecular flexibility index (Phi) is 3.60. The highest BCUT2D eigenvalue weighted by Crippen LogP contribution is 2.31. The third-order valence-corrected chi connectivity index (χ3v) is 2.43. The minimum Gasteiger partial charge on any atom is -0.478 e. The molecule has 0 amide bonds. The van der Waals surface area contributed by atoms with E-state index in [9.17, 15) is 18.0 Å². The summed E-state index contributed by atoms with van der Waals surface area (Å²) in [5, 5.41) is 8.86. The fourth-order valence-electron chi connectivity index (χ4n) is 1.62. The van der Waals surface area contributed by atoms with Crippen LogP contribution in [-0.4, -0.2) is 22.4 Å². The predicted molar refractivity (Wildman–Crippen MR) is 63.3 cm³/mol. The lowest BCUT2D eigenvalue weighted by Gasteiger charge is -2.12. The van der Waals surface area contributed by atoms with Gasteiger partial charge in [-0.15, -0.1) is 13.2 Å². The second-order valence-electron chi connectivity index (χ2n) is 3.81. The molecule has 0 aliphatic rings. The maximum Gasteiger partial charge on any atom is 0.573 e. The molecule has 4 nitrogen and oxygen atoms in total. The van der Waals surface area contributed by atoms with Gasteiger partial charge in [-0.3, -0.25) is 4.98 Å². The molecule has 0 atom stereocenters. The van der Waals surface area contributed by atoms with Crippen LogP contribution in [0.4, 0.5) is 13.2 Å². The molecular weight excluding hydrogens is 275 g/mol. The van der Waals surface area contributed by atoms with Crippen molar-refractivity contribution in [3.05, 3.63) is 48.3 Å².